The zero-order chi connectivity index (χ0) is 45.5. The van der Waals surface area contributed by atoms with Crippen molar-refractivity contribution in [3.8, 4) is 0 Å². The lowest BCUT2D eigenvalue weighted by atomic mass is 9.98. The van der Waals surface area contributed by atoms with Crippen LogP contribution >= 0.6 is 0 Å². The van der Waals surface area contributed by atoms with Gasteiger partial charge in [-0.05, 0) is 124 Å². The number of hydrogen-bond acceptors (Lipinski definition) is 6. The molecule has 0 fully saturated rings. The predicted octanol–water partition coefficient (Wildman–Crippen LogP) is 12.9. The molecule has 326 valence electrons. The number of hydrogen-bond donors (Lipinski definition) is 4. The fourth-order valence-corrected chi connectivity index (χ4v) is 7.52. The highest BCUT2D eigenvalue weighted by Crippen LogP contribution is 2.30. The fourth-order valence-electron chi connectivity index (χ4n) is 6.76. The monoisotopic (exact) mass is 863 g/mol. The van der Waals surface area contributed by atoms with Crippen molar-refractivity contribution in [1.29, 1.82) is 0 Å². The van der Waals surface area contributed by atoms with Crippen LogP contribution in [0.25, 0.3) is 57.3 Å². The van der Waals surface area contributed by atoms with Gasteiger partial charge in [0.25, 0.3) is 0 Å². The van der Waals surface area contributed by atoms with Crippen LogP contribution in [0.15, 0.2) is 159 Å². The number of nitrogens with one attached hydrogen (secondary N) is 1. The van der Waals surface area contributed by atoms with E-state index in [0.29, 0.717) is 6.73 Å². The van der Waals surface area contributed by atoms with Gasteiger partial charge in [0.1, 0.15) is 6.73 Å². The van der Waals surface area contributed by atoms with Crippen molar-refractivity contribution in [3.05, 3.63) is 204 Å². The Morgan fingerprint density at radius 3 is 1.69 bits per heavy atom. The summed E-state index contributed by atoms with van der Waals surface area (Å²) >= 11 is 0. The van der Waals surface area contributed by atoms with Crippen LogP contribution in [0.1, 0.15) is 58.1 Å². The lowest BCUT2D eigenvalue weighted by molar-refractivity contribution is 0.0816. The first-order valence-corrected chi connectivity index (χ1v) is 25.5. The van der Waals surface area contributed by atoms with Crippen LogP contribution in [-0.4, -0.2) is 41.2 Å². The van der Waals surface area contributed by atoms with Crippen molar-refractivity contribution in [2.75, 3.05) is 24.6 Å². The Morgan fingerprint density at radius 1 is 0.641 bits per heavy atom. The van der Waals surface area contributed by atoms with Crippen LogP contribution in [0.5, 0.6) is 0 Å². The normalized spacial score (nSPS) is 11.4. The summed E-state index contributed by atoms with van der Waals surface area (Å²) in [5.41, 5.74) is 30.5. The topological polar surface area (TPSA) is 134 Å². The Morgan fingerprint density at radius 2 is 1.16 bits per heavy atom. The van der Waals surface area contributed by atoms with Gasteiger partial charge in [-0.2, -0.15) is 10.2 Å². The number of H-pyrrole nitrogens is 1. The number of aromatic nitrogens is 4. The van der Waals surface area contributed by atoms with Gasteiger partial charge in [0.05, 0.1) is 22.4 Å². The lowest BCUT2D eigenvalue weighted by Gasteiger charge is -2.15. The third-order valence-corrected chi connectivity index (χ3v) is 12.2. The summed E-state index contributed by atoms with van der Waals surface area (Å²) in [5.74, 6) is 0. The number of nitrogens with zero attached hydrogens (tertiary/aromatic N) is 3. The molecule has 0 aliphatic rings. The molecule has 0 saturated carbocycles. The minimum atomic E-state index is -1.15. The van der Waals surface area contributed by atoms with Crippen molar-refractivity contribution in [3.63, 3.8) is 0 Å². The summed E-state index contributed by atoms with van der Waals surface area (Å²) in [6.45, 7) is 19.7. The number of aromatic amines is 1. The molecule has 0 aliphatic carbocycles. The smallest absolute Gasteiger partial charge is 0.140 e. The number of benzene rings is 6. The first kappa shape index (κ1) is 46.5. The Labute approximate surface area is 379 Å². The van der Waals surface area contributed by atoms with Crippen molar-refractivity contribution in [1.82, 2.24) is 20.0 Å². The molecule has 6 aromatic carbocycles. The number of nitrogen functional groups attached to an aromatic ring is 2. The molecule has 0 aliphatic heterocycles. The molecule has 2 heterocycles. The lowest BCUT2D eigenvalue weighted by Crippen LogP contribution is -2.22. The van der Waals surface area contributed by atoms with E-state index in [-0.39, 0.29) is 0 Å². The van der Waals surface area contributed by atoms with Gasteiger partial charge >= 0.3 is 0 Å². The van der Waals surface area contributed by atoms with Crippen LogP contribution in [0, 0.1) is 0 Å². The van der Waals surface area contributed by atoms with E-state index in [1.165, 1.54) is 0 Å². The number of nitrogens with two attached hydrogens (primary N) is 3. The maximum Gasteiger partial charge on any atom is 0.140 e. The SMILES string of the molecule is C=C(c1cccc(N)c1)c1ccc2c(/C=C/c3ccccc3)n[nH]c2c1.C=C(c1cccc(N)c1)c1ccc2c(/C=C/c3ccccc3)nn(COCC[Si](C)(C)C)c2c1.CCCN. The van der Waals surface area contributed by atoms with E-state index in [9.17, 15) is 0 Å². The highest BCUT2D eigenvalue weighted by atomic mass is 28.3. The molecule has 2 aromatic heterocycles. The molecular weight excluding hydrogens is 803 g/mol. The van der Waals surface area contributed by atoms with Gasteiger partial charge in [-0.3, -0.25) is 5.10 Å². The minimum absolute atomic E-state index is 0.425. The molecule has 8 nitrogen and oxygen atoms in total. The van der Waals surface area contributed by atoms with Gasteiger partial charge in [0, 0.05) is 36.8 Å². The molecule has 8 rings (SSSR count). The summed E-state index contributed by atoms with van der Waals surface area (Å²) < 4.78 is 8.01. The summed E-state index contributed by atoms with van der Waals surface area (Å²) in [7, 11) is -1.15. The largest absolute Gasteiger partial charge is 0.399 e. The summed E-state index contributed by atoms with van der Waals surface area (Å²) in [4.78, 5) is 0. The van der Waals surface area contributed by atoms with E-state index in [0.717, 1.165) is 115 Å². The van der Waals surface area contributed by atoms with Crippen LogP contribution in [0.3, 0.4) is 0 Å². The maximum absolute atomic E-state index is 6.05. The maximum atomic E-state index is 6.05. The molecule has 9 heteroatoms. The quantitative estimate of drug-likeness (QED) is 0.0489. The van der Waals surface area contributed by atoms with Gasteiger partial charge in [0.2, 0.25) is 0 Å². The summed E-state index contributed by atoms with van der Waals surface area (Å²) in [6.07, 6.45) is 9.36. The molecule has 64 heavy (non-hydrogen) atoms. The molecule has 0 bridgehead atoms. The average Bonchev–Trinajstić information content (AvgIpc) is 3.89. The Bertz CT molecular complexity index is 2850. The number of rotatable bonds is 14. The van der Waals surface area contributed by atoms with Crippen molar-refractivity contribution in [2.24, 2.45) is 5.73 Å². The molecule has 0 amide bonds. The molecule has 0 radical (unpaired) electrons. The number of anilines is 2. The number of fused-ring (bicyclic) bond motifs is 2. The van der Waals surface area contributed by atoms with E-state index in [1.54, 1.807) is 0 Å². The van der Waals surface area contributed by atoms with Crippen LogP contribution in [0.2, 0.25) is 25.7 Å². The van der Waals surface area contributed by atoms with Gasteiger partial charge < -0.3 is 21.9 Å². The fraction of sp³-hybridized carbons (Fsp3) is 0.164. The van der Waals surface area contributed by atoms with Gasteiger partial charge in [0.15, 0.2) is 0 Å². The van der Waals surface area contributed by atoms with E-state index in [1.807, 2.05) is 95.7 Å². The molecule has 0 saturated heterocycles. The van der Waals surface area contributed by atoms with E-state index >= 15 is 0 Å². The highest BCUT2D eigenvalue weighted by molar-refractivity contribution is 6.76. The van der Waals surface area contributed by atoms with Gasteiger partial charge in [-0.1, -0.05) is 149 Å². The Hall–Kier alpha value is -7.04. The first-order valence-electron chi connectivity index (χ1n) is 21.8. The van der Waals surface area contributed by atoms with Crippen LogP contribution in [-0.2, 0) is 11.5 Å². The van der Waals surface area contributed by atoms with E-state index < -0.39 is 8.07 Å². The third-order valence-electron chi connectivity index (χ3n) is 10.5. The van der Waals surface area contributed by atoms with Crippen LogP contribution < -0.4 is 17.2 Å². The highest BCUT2D eigenvalue weighted by Gasteiger charge is 2.15. The van der Waals surface area contributed by atoms with E-state index in [2.05, 4.69) is 129 Å². The van der Waals surface area contributed by atoms with Gasteiger partial charge in [-0.15, -0.1) is 0 Å². The van der Waals surface area contributed by atoms with Crippen molar-refractivity contribution >= 4 is 76.7 Å². The zero-order valence-electron chi connectivity index (χ0n) is 37.6. The van der Waals surface area contributed by atoms with Gasteiger partial charge in [-0.25, -0.2) is 4.68 Å². The summed E-state index contributed by atoms with van der Waals surface area (Å²) in [5, 5.41) is 14.6. The molecule has 0 atom stereocenters. The zero-order valence-corrected chi connectivity index (χ0v) is 38.6. The molecule has 0 spiro atoms. The Balaban J connectivity index is 0.000000202. The second kappa shape index (κ2) is 22.4. The van der Waals surface area contributed by atoms with Crippen molar-refractivity contribution in [2.45, 2.75) is 45.8 Å². The number of ether oxygens (including phenoxy) is 1. The molecular formula is C55H61N7OSi. The molecule has 8 aromatic rings. The predicted molar refractivity (Wildman–Crippen MR) is 278 cm³/mol. The second-order valence-corrected chi connectivity index (χ2v) is 22.4. The molecule has 0 unspecified atom stereocenters. The average molecular weight is 864 g/mol. The minimum Gasteiger partial charge on any atom is -0.399 e. The van der Waals surface area contributed by atoms with Crippen LogP contribution in [0.4, 0.5) is 11.4 Å². The van der Waals surface area contributed by atoms with E-state index in [4.69, 9.17) is 27.0 Å². The second-order valence-electron chi connectivity index (χ2n) is 16.8. The summed E-state index contributed by atoms with van der Waals surface area (Å²) in [6, 6.07) is 49.8. The third kappa shape index (κ3) is 13.0. The first-order chi connectivity index (χ1) is 30.9. The Kier molecular flexibility index (Phi) is 16.2. The van der Waals surface area contributed by atoms with Crippen molar-refractivity contribution < 1.29 is 4.74 Å². The standard InChI is InChI=1S/C29H33N3OSi.C23H19N3.C3H9N/c1-22(24-11-8-12-26(30)19-24)25-14-15-27-28(16-13-23-9-6-5-7-10-23)31-32(29(27)20-25)21-33-17-18-34(2,3)4;1-16(18-8-5-9-20(24)14-18)19-11-12-21-22(25-26-23(21)15-19)13-10-17-6-3-2-4-7-17;1-2-3-4/h5-16,19-20H,1,17-18,21,30H2,2-4H3;2-15H,1,24H2,(H,25,26);2-4H2,1H3/b16-13+;13-10+;. The molecule has 7 N–H and O–H groups in total.